The average molecular weight is 379 g/mol. The van der Waals surface area contributed by atoms with Crippen molar-refractivity contribution in [3.63, 3.8) is 0 Å². The summed E-state index contributed by atoms with van der Waals surface area (Å²) in [7, 11) is 5.83. The molecule has 0 aromatic heterocycles. The fraction of sp³-hybridized carbons (Fsp3) is 0.412. The third-order valence-electron chi connectivity index (χ3n) is 3.73. The van der Waals surface area contributed by atoms with Gasteiger partial charge in [-0.05, 0) is 0 Å². The Morgan fingerprint density at radius 3 is 2.26 bits per heavy atom. The Balaban J connectivity index is 1.99. The van der Waals surface area contributed by atoms with Crippen LogP contribution in [0.4, 0.5) is 5.69 Å². The average Bonchev–Trinajstić information content (AvgIpc) is 2.67. The van der Waals surface area contributed by atoms with Crippen molar-refractivity contribution >= 4 is 29.2 Å². The van der Waals surface area contributed by atoms with E-state index in [9.17, 15) is 14.4 Å². The van der Waals surface area contributed by atoms with Gasteiger partial charge >= 0.3 is 5.97 Å². The number of nitrogens with zero attached hydrogens (tertiary/aromatic N) is 2. The van der Waals surface area contributed by atoms with E-state index >= 15 is 0 Å². The van der Waals surface area contributed by atoms with Gasteiger partial charge in [-0.15, -0.1) is 0 Å². The van der Waals surface area contributed by atoms with E-state index < -0.39 is 18.5 Å². The first-order valence-electron chi connectivity index (χ1n) is 8.00. The molecule has 1 aliphatic rings. The Bertz CT molecular complexity index is 751. The molecule has 146 valence electrons. The number of ether oxygens (including phenoxy) is 4. The molecule has 0 bridgehead atoms. The van der Waals surface area contributed by atoms with E-state index in [4.69, 9.17) is 18.9 Å². The lowest BCUT2D eigenvalue weighted by Crippen LogP contribution is -2.33. The van der Waals surface area contributed by atoms with Gasteiger partial charge < -0.3 is 24.3 Å². The molecular formula is C17H21N3O7. The van der Waals surface area contributed by atoms with Crippen LogP contribution >= 0.6 is 0 Å². The molecule has 1 aromatic carbocycles. The van der Waals surface area contributed by atoms with Crippen LogP contribution in [0.1, 0.15) is 12.8 Å². The second kappa shape index (κ2) is 8.88. The van der Waals surface area contributed by atoms with Crippen molar-refractivity contribution in [3.8, 4) is 17.2 Å². The zero-order valence-corrected chi connectivity index (χ0v) is 15.5. The molecule has 10 nitrogen and oxygen atoms in total. The Hall–Kier alpha value is -3.30. The topological polar surface area (TPSA) is 116 Å². The van der Waals surface area contributed by atoms with E-state index in [-0.39, 0.29) is 24.5 Å². The molecule has 0 saturated carbocycles. The highest BCUT2D eigenvalue weighted by molar-refractivity contribution is 6.37. The van der Waals surface area contributed by atoms with Gasteiger partial charge in [-0.3, -0.25) is 9.59 Å². The first kappa shape index (κ1) is 20.0. The maximum Gasteiger partial charge on any atom is 0.355 e. The van der Waals surface area contributed by atoms with Crippen LogP contribution < -0.4 is 19.5 Å². The molecule has 0 spiro atoms. The number of anilines is 1. The van der Waals surface area contributed by atoms with Gasteiger partial charge in [0.25, 0.3) is 5.91 Å². The number of carbonyl (C=O) groups is 3. The highest BCUT2D eigenvalue weighted by atomic mass is 16.5. The number of rotatable bonds is 7. The molecule has 0 aliphatic carbocycles. The third-order valence-corrected chi connectivity index (χ3v) is 3.73. The molecule has 0 radical (unpaired) electrons. The van der Waals surface area contributed by atoms with E-state index in [0.29, 0.717) is 22.9 Å². The lowest BCUT2D eigenvalue weighted by atomic mass is 10.2. The van der Waals surface area contributed by atoms with E-state index in [1.165, 1.54) is 28.4 Å². The minimum absolute atomic E-state index is 0.0951. The number of nitrogens with one attached hydrogen (secondary N) is 1. The predicted octanol–water partition coefficient (Wildman–Crippen LogP) is 0.802. The van der Waals surface area contributed by atoms with Crippen LogP contribution in [-0.4, -0.2) is 63.5 Å². The minimum Gasteiger partial charge on any atom is -0.493 e. The smallest absolute Gasteiger partial charge is 0.355 e. The van der Waals surface area contributed by atoms with Gasteiger partial charge in [0.15, 0.2) is 18.1 Å². The highest BCUT2D eigenvalue weighted by Crippen LogP contribution is 2.39. The van der Waals surface area contributed by atoms with Crippen LogP contribution in [0.15, 0.2) is 17.2 Å². The summed E-state index contributed by atoms with van der Waals surface area (Å²) in [5.41, 5.74) is 0.476. The van der Waals surface area contributed by atoms with Crippen molar-refractivity contribution in [2.45, 2.75) is 12.8 Å². The summed E-state index contributed by atoms with van der Waals surface area (Å²) < 4.78 is 20.6. The summed E-state index contributed by atoms with van der Waals surface area (Å²) in [5.74, 6) is -0.361. The van der Waals surface area contributed by atoms with E-state index in [1.54, 1.807) is 12.1 Å². The van der Waals surface area contributed by atoms with Crippen LogP contribution in [-0.2, 0) is 19.1 Å². The zero-order valence-electron chi connectivity index (χ0n) is 15.5. The van der Waals surface area contributed by atoms with Crippen LogP contribution in [0.5, 0.6) is 17.2 Å². The lowest BCUT2D eigenvalue weighted by Gasteiger charge is -2.18. The van der Waals surface area contributed by atoms with Crippen molar-refractivity contribution in [3.05, 3.63) is 12.1 Å². The van der Waals surface area contributed by atoms with Crippen LogP contribution in [0, 0.1) is 0 Å². The van der Waals surface area contributed by atoms with Gasteiger partial charge in [-0.2, -0.15) is 5.10 Å². The SMILES string of the molecule is COc1cc(NC(=O)COC(=O)C2=NN(C)C(=O)CC2)cc(OC)c1OC. The van der Waals surface area contributed by atoms with Crippen molar-refractivity contribution in [2.75, 3.05) is 40.3 Å². The number of methoxy groups -OCH3 is 3. The molecule has 0 unspecified atom stereocenters. The molecule has 2 rings (SSSR count). The van der Waals surface area contributed by atoms with Crippen molar-refractivity contribution in [2.24, 2.45) is 5.10 Å². The summed E-state index contributed by atoms with van der Waals surface area (Å²) in [6, 6.07) is 3.10. The van der Waals surface area contributed by atoms with Crippen LogP contribution in [0.25, 0.3) is 0 Å². The fourth-order valence-electron chi connectivity index (χ4n) is 2.38. The minimum atomic E-state index is -0.741. The summed E-state index contributed by atoms with van der Waals surface area (Å²) >= 11 is 0. The third kappa shape index (κ3) is 4.87. The summed E-state index contributed by atoms with van der Waals surface area (Å²) in [4.78, 5) is 35.4. The second-order valence-electron chi connectivity index (χ2n) is 5.50. The van der Waals surface area contributed by atoms with Gasteiger partial charge in [0.2, 0.25) is 11.7 Å². The first-order chi connectivity index (χ1) is 12.9. The number of hydrazone groups is 1. The maximum absolute atomic E-state index is 12.1. The highest BCUT2D eigenvalue weighted by Gasteiger charge is 2.23. The molecule has 1 aliphatic heterocycles. The van der Waals surface area contributed by atoms with Crippen LogP contribution in [0.2, 0.25) is 0 Å². The van der Waals surface area contributed by atoms with Gasteiger partial charge in [-0.25, -0.2) is 9.80 Å². The molecule has 1 aromatic rings. The molecule has 0 saturated heterocycles. The predicted molar refractivity (Wildman–Crippen MR) is 95.1 cm³/mol. The number of carbonyl (C=O) groups excluding carboxylic acids is 3. The number of benzene rings is 1. The molecule has 0 atom stereocenters. The first-order valence-corrected chi connectivity index (χ1v) is 8.00. The Morgan fingerprint density at radius 2 is 1.74 bits per heavy atom. The molecule has 1 N–H and O–H groups in total. The Labute approximate surface area is 156 Å². The molecule has 0 fully saturated rings. The Morgan fingerprint density at radius 1 is 1.11 bits per heavy atom. The quantitative estimate of drug-likeness (QED) is 0.697. The second-order valence-corrected chi connectivity index (χ2v) is 5.50. The monoisotopic (exact) mass is 379 g/mol. The molecular weight excluding hydrogens is 358 g/mol. The van der Waals surface area contributed by atoms with Gasteiger partial charge in [-0.1, -0.05) is 0 Å². The van der Waals surface area contributed by atoms with Crippen LogP contribution in [0.3, 0.4) is 0 Å². The van der Waals surface area contributed by atoms with E-state index in [0.717, 1.165) is 5.01 Å². The fourth-order valence-corrected chi connectivity index (χ4v) is 2.38. The summed E-state index contributed by atoms with van der Waals surface area (Å²) in [5, 5.41) is 7.50. The molecule has 10 heteroatoms. The molecule has 1 heterocycles. The number of hydrogen-bond acceptors (Lipinski definition) is 8. The van der Waals surface area contributed by atoms with Gasteiger partial charge in [0.05, 0.1) is 21.3 Å². The van der Waals surface area contributed by atoms with Gasteiger partial charge in [0, 0.05) is 37.7 Å². The normalized spacial score (nSPS) is 13.6. The Kier molecular flexibility index (Phi) is 6.58. The zero-order chi connectivity index (χ0) is 20.0. The number of hydrogen-bond donors (Lipinski definition) is 1. The molecule has 27 heavy (non-hydrogen) atoms. The molecule has 2 amide bonds. The van der Waals surface area contributed by atoms with Gasteiger partial charge in [0.1, 0.15) is 5.71 Å². The number of esters is 1. The van der Waals surface area contributed by atoms with Crippen molar-refractivity contribution in [1.29, 1.82) is 0 Å². The van der Waals surface area contributed by atoms with Crippen molar-refractivity contribution < 1.29 is 33.3 Å². The summed E-state index contributed by atoms with van der Waals surface area (Å²) in [6.07, 6.45) is 0.346. The lowest BCUT2D eigenvalue weighted by molar-refractivity contribution is -0.141. The summed E-state index contributed by atoms with van der Waals surface area (Å²) in [6.45, 7) is -0.508. The van der Waals surface area contributed by atoms with Crippen molar-refractivity contribution in [1.82, 2.24) is 5.01 Å². The van der Waals surface area contributed by atoms with E-state index in [1.807, 2.05) is 0 Å². The number of amides is 2. The standard InChI is InChI=1S/C17H21N3O7/c1-20-15(22)6-5-11(19-20)17(23)27-9-14(21)18-10-7-12(24-2)16(26-4)13(8-10)25-3/h7-8H,5-6,9H2,1-4H3,(H,18,21). The van der Waals surface area contributed by atoms with E-state index in [2.05, 4.69) is 10.4 Å². The largest absolute Gasteiger partial charge is 0.493 e. The maximum atomic E-state index is 12.1.